The predicted octanol–water partition coefficient (Wildman–Crippen LogP) is 1.21. The van der Waals surface area contributed by atoms with Crippen molar-refractivity contribution in [3.63, 3.8) is 0 Å². The minimum absolute atomic E-state index is 0.191. The molecule has 3 rings (SSSR count). The molecule has 21 heavy (non-hydrogen) atoms. The fourth-order valence-electron chi connectivity index (χ4n) is 4.07. The Hall–Kier alpha value is -1.85. The second-order valence-corrected chi connectivity index (χ2v) is 6.21. The van der Waals surface area contributed by atoms with Crippen molar-refractivity contribution in [2.45, 2.75) is 38.6 Å². The third-order valence-electron chi connectivity index (χ3n) is 4.98. The van der Waals surface area contributed by atoms with Crippen LogP contribution in [-0.4, -0.2) is 32.8 Å². The van der Waals surface area contributed by atoms with Crippen LogP contribution in [0.3, 0.4) is 0 Å². The monoisotopic (exact) mass is 291 g/mol. The van der Waals surface area contributed by atoms with Gasteiger partial charge in [0, 0.05) is 19.3 Å². The molecule has 0 spiro atoms. The highest BCUT2D eigenvalue weighted by Crippen LogP contribution is 2.48. The molecule has 2 N–H and O–H groups in total. The molecule has 1 aromatic rings. The Morgan fingerprint density at radius 2 is 2.14 bits per heavy atom. The van der Waals surface area contributed by atoms with E-state index in [1.165, 1.54) is 0 Å². The summed E-state index contributed by atoms with van der Waals surface area (Å²) in [5.41, 5.74) is 1.32. The Labute approximate surface area is 123 Å². The number of nitrogens with one attached hydrogen (secondary N) is 1. The lowest BCUT2D eigenvalue weighted by Gasteiger charge is -2.28. The standard InChI is InChI=1S/C15H21N3O3/c1-3-11-10(7-18(2)17-11)14(19)16-13-9-5-4-8(6-9)12(13)15(20)21/h7-9,12-13H,3-6H2,1-2H3,(H,16,19)(H,20,21). The van der Waals surface area contributed by atoms with Crippen molar-refractivity contribution in [3.8, 4) is 0 Å². The van der Waals surface area contributed by atoms with E-state index in [0.29, 0.717) is 17.9 Å². The Balaban J connectivity index is 1.79. The van der Waals surface area contributed by atoms with Gasteiger partial charge in [0.2, 0.25) is 0 Å². The zero-order valence-electron chi connectivity index (χ0n) is 12.4. The molecule has 0 saturated heterocycles. The maximum atomic E-state index is 12.5. The lowest BCUT2D eigenvalue weighted by molar-refractivity contribution is -0.144. The summed E-state index contributed by atoms with van der Waals surface area (Å²) >= 11 is 0. The highest BCUT2D eigenvalue weighted by Gasteiger charge is 2.51. The summed E-state index contributed by atoms with van der Waals surface area (Å²) in [4.78, 5) is 24.0. The van der Waals surface area contributed by atoms with Gasteiger partial charge in [-0.1, -0.05) is 6.92 Å². The van der Waals surface area contributed by atoms with Crippen molar-refractivity contribution in [1.29, 1.82) is 0 Å². The van der Waals surface area contributed by atoms with E-state index in [2.05, 4.69) is 10.4 Å². The molecule has 4 unspecified atom stereocenters. The van der Waals surface area contributed by atoms with Gasteiger partial charge in [-0.25, -0.2) is 0 Å². The Morgan fingerprint density at radius 1 is 1.43 bits per heavy atom. The quantitative estimate of drug-likeness (QED) is 0.873. The van der Waals surface area contributed by atoms with Gasteiger partial charge in [0.25, 0.3) is 5.91 Å². The largest absolute Gasteiger partial charge is 0.481 e. The summed E-state index contributed by atoms with van der Waals surface area (Å²) in [6.07, 6.45) is 5.31. The first-order valence-electron chi connectivity index (χ1n) is 7.57. The van der Waals surface area contributed by atoms with E-state index in [4.69, 9.17) is 0 Å². The lowest BCUT2D eigenvalue weighted by atomic mass is 9.84. The summed E-state index contributed by atoms with van der Waals surface area (Å²) in [6.45, 7) is 1.96. The van der Waals surface area contributed by atoms with E-state index in [9.17, 15) is 14.7 Å². The number of aliphatic carboxylic acids is 1. The minimum Gasteiger partial charge on any atom is -0.481 e. The van der Waals surface area contributed by atoms with Gasteiger partial charge < -0.3 is 10.4 Å². The van der Waals surface area contributed by atoms with E-state index in [1.54, 1.807) is 17.9 Å². The van der Waals surface area contributed by atoms with Crippen molar-refractivity contribution in [2.24, 2.45) is 24.8 Å². The second kappa shape index (κ2) is 5.16. The van der Waals surface area contributed by atoms with Crippen LogP contribution in [0.25, 0.3) is 0 Å². The Morgan fingerprint density at radius 3 is 2.81 bits per heavy atom. The highest BCUT2D eigenvalue weighted by atomic mass is 16.4. The molecule has 6 heteroatoms. The van der Waals surface area contributed by atoms with Gasteiger partial charge >= 0.3 is 5.97 Å². The van der Waals surface area contributed by atoms with Gasteiger partial charge in [-0.2, -0.15) is 5.10 Å². The van der Waals surface area contributed by atoms with Gasteiger partial charge in [0.15, 0.2) is 0 Å². The number of nitrogens with zero attached hydrogens (tertiary/aromatic N) is 2. The molecule has 2 bridgehead atoms. The van der Waals surface area contributed by atoms with Crippen LogP contribution in [-0.2, 0) is 18.3 Å². The number of hydrogen-bond acceptors (Lipinski definition) is 3. The van der Waals surface area contributed by atoms with Crippen molar-refractivity contribution in [1.82, 2.24) is 15.1 Å². The van der Waals surface area contributed by atoms with Gasteiger partial charge in [-0.05, 0) is 37.5 Å². The van der Waals surface area contributed by atoms with Crippen molar-refractivity contribution in [3.05, 3.63) is 17.5 Å². The molecule has 2 fully saturated rings. The lowest BCUT2D eigenvalue weighted by Crippen LogP contribution is -2.46. The molecule has 0 aliphatic heterocycles. The molecule has 2 aliphatic rings. The zero-order chi connectivity index (χ0) is 15.1. The number of fused-ring (bicyclic) bond motifs is 2. The first kappa shape index (κ1) is 14.1. The van der Waals surface area contributed by atoms with Crippen LogP contribution in [0.15, 0.2) is 6.20 Å². The molecule has 1 aromatic heterocycles. The van der Waals surface area contributed by atoms with E-state index in [-0.39, 0.29) is 17.9 Å². The van der Waals surface area contributed by atoms with Gasteiger partial charge in [-0.3, -0.25) is 14.3 Å². The predicted molar refractivity (Wildman–Crippen MR) is 75.8 cm³/mol. The maximum Gasteiger partial charge on any atom is 0.308 e. The molecular formula is C15H21N3O3. The number of aryl methyl sites for hydroxylation is 2. The average Bonchev–Trinajstić information content (AvgIpc) is 3.11. The summed E-state index contributed by atoms with van der Waals surface area (Å²) in [5, 5.41) is 16.7. The third kappa shape index (κ3) is 2.32. The normalized spacial score (nSPS) is 30.6. The van der Waals surface area contributed by atoms with Crippen LogP contribution < -0.4 is 5.32 Å². The van der Waals surface area contributed by atoms with E-state index < -0.39 is 11.9 Å². The number of carboxylic acids is 1. The van der Waals surface area contributed by atoms with Crippen LogP contribution in [0.2, 0.25) is 0 Å². The zero-order valence-corrected chi connectivity index (χ0v) is 12.4. The van der Waals surface area contributed by atoms with Crippen LogP contribution >= 0.6 is 0 Å². The van der Waals surface area contributed by atoms with Crippen LogP contribution in [0.5, 0.6) is 0 Å². The first-order chi connectivity index (χ1) is 10.0. The maximum absolute atomic E-state index is 12.5. The topological polar surface area (TPSA) is 84.2 Å². The smallest absolute Gasteiger partial charge is 0.308 e. The minimum atomic E-state index is -0.783. The molecular weight excluding hydrogens is 270 g/mol. The molecule has 114 valence electrons. The van der Waals surface area contributed by atoms with E-state index >= 15 is 0 Å². The van der Waals surface area contributed by atoms with Gasteiger partial charge in [-0.15, -0.1) is 0 Å². The van der Waals surface area contributed by atoms with Crippen molar-refractivity contribution < 1.29 is 14.7 Å². The number of hydrogen-bond donors (Lipinski definition) is 2. The number of carbonyl (C=O) groups excluding carboxylic acids is 1. The van der Waals surface area contributed by atoms with Crippen LogP contribution in [0, 0.1) is 17.8 Å². The molecule has 4 atom stereocenters. The van der Waals surface area contributed by atoms with E-state index in [1.807, 2.05) is 6.92 Å². The molecule has 0 radical (unpaired) electrons. The molecule has 2 saturated carbocycles. The fourth-order valence-corrected chi connectivity index (χ4v) is 4.07. The molecule has 6 nitrogen and oxygen atoms in total. The summed E-state index contributed by atoms with van der Waals surface area (Å²) in [6, 6.07) is -0.237. The van der Waals surface area contributed by atoms with Crippen LogP contribution in [0.1, 0.15) is 42.2 Å². The number of carboxylic acid groups (broad SMARTS) is 1. The van der Waals surface area contributed by atoms with Gasteiger partial charge in [0.05, 0.1) is 17.2 Å². The van der Waals surface area contributed by atoms with Crippen molar-refractivity contribution in [2.75, 3.05) is 0 Å². The third-order valence-corrected chi connectivity index (χ3v) is 4.98. The summed E-state index contributed by atoms with van der Waals surface area (Å²) in [7, 11) is 1.79. The van der Waals surface area contributed by atoms with Crippen molar-refractivity contribution >= 4 is 11.9 Å². The Kier molecular flexibility index (Phi) is 3.47. The Bertz CT molecular complexity index is 581. The van der Waals surface area contributed by atoms with Crippen LogP contribution in [0.4, 0.5) is 0 Å². The second-order valence-electron chi connectivity index (χ2n) is 6.21. The number of amides is 1. The summed E-state index contributed by atoms with van der Waals surface area (Å²) in [5.74, 6) is -0.883. The number of rotatable bonds is 4. The summed E-state index contributed by atoms with van der Waals surface area (Å²) < 4.78 is 1.63. The molecule has 2 aliphatic carbocycles. The average molecular weight is 291 g/mol. The molecule has 1 amide bonds. The van der Waals surface area contributed by atoms with E-state index in [0.717, 1.165) is 25.0 Å². The molecule has 0 aromatic carbocycles. The number of carbonyl (C=O) groups is 2. The van der Waals surface area contributed by atoms with Gasteiger partial charge in [0.1, 0.15) is 0 Å². The number of aromatic nitrogens is 2. The highest BCUT2D eigenvalue weighted by molar-refractivity contribution is 5.95. The molecule has 1 heterocycles. The fraction of sp³-hybridized carbons (Fsp3) is 0.667. The first-order valence-corrected chi connectivity index (χ1v) is 7.57. The SMILES string of the molecule is CCc1nn(C)cc1C(=O)NC1C2CCC(C2)C1C(=O)O.